The monoisotopic (exact) mass is 485 g/mol. The van der Waals surface area contributed by atoms with Gasteiger partial charge in [-0.3, -0.25) is 0 Å². The van der Waals surface area contributed by atoms with E-state index in [2.05, 4.69) is 48.3 Å². The molecule has 2 aromatic rings. The van der Waals surface area contributed by atoms with Gasteiger partial charge in [-0.15, -0.1) is 0 Å². The summed E-state index contributed by atoms with van der Waals surface area (Å²) < 4.78 is 10.7. The van der Waals surface area contributed by atoms with Crippen LogP contribution in [0.15, 0.2) is 48.5 Å². The van der Waals surface area contributed by atoms with E-state index in [4.69, 9.17) is 21.2 Å². The Hall–Kier alpha value is -0.307. The van der Waals surface area contributed by atoms with E-state index in [0.717, 1.165) is 11.1 Å². The molecule has 27 heavy (non-hydrogen) atoms. The molecule has 2 nitrogen and oxygen atoms in total. The molecular weight excluding hydrogens is 456 g/mol. The summed E-state index contributed by atoms with van der Waals surface area (Å²) in [5.41, 5.74) is 4.23. The topological polar surface area (TPSA) is 32.3 Å². The van der Waals surface area contributed by atoms with Crippen LogP contribution in [-0.2, 0) is 13.2 Å². The van der Waals surface area contributed by atoms with Gasteiger partial charge in [0.05, 0.1) is 0 Å². The third-order valence-electron chi connectivity index (χ3n) is 5.96. The number of aliphatic hydroxyl groups is 1. The Kier molecular flexibility index (Phi) is 4.31. The van der Waals surface area contributed by atoms with Crippen LogP contribution in [0.1, 0.15) is 41.9 Å². The van der Waals surface area contributed by atoms with Crippen molar-refractivity contribution >= 4 is 21.2 Å². The summed E-state index contributed by atoms with van der Waals surface area (Å²) in [5, 5.41) is 9.66. The number of hydrogen-bond acceptors (Lipinski definition) is 2. The van der Waals surface area contributed by atoms with E-state index in [1.807, 2.05) is 28.9 Å². The Morgan fingerprint density at radius 3 is 1.85 bits per heavy atom. The normalized spacial score (nSPS) is 18.7. The van der Waals surface area contributed by atoms with Gasteiger partial charge < -0.3 is 0 Å². The summed E-state index contributed by atoms with van der Waals surface area (Å²) in [5.74, 6) is 0. The fraction of sp³-hybridized carbons (Fsp3) is 0.409. The van der Waals surface area contributed by atoms with E-state index in [1.165, 1.54) is 11.1 Å². The number of hydrogen-bond donors (Lipinski definition) is 2. The van der Waals surface area contributed by atoms with E-state index < -0.39 is 13.2 Å². The van der Waals surface area contributed by atoms with Gasteiger partial charge in [0.1, 0.15) is 0 Å². The molecule has 0 heterocycles. The van der Waals surface area contributed by atoms with E-state index in [1.54, 1.807) is 0 Å². The van der Waals surface area contributed by atoms with Gasteiger partial charge in [-0.1, -0.05) is 0 Å². The fourth-order valence-electron chi connectivity index (χ4n) is 5.69. The SMILES string of the molecule is [CH2]=[Zr]([CH3])([Cl])([Cl])([CH2]CCO)([NH]C(C)(C)C)[CH]1c2ccccc2-c2ccccc21. The molecule has 0 saturated carbocycles. The Morgan fingerprint density at radius 1 is 1.00 bits per heavy atom. The first kappa shape index (κ1) is 21.4. The van der Waals surface area contributed by atoms with Gasteiger partial charge in [-0.25, -0.2) is 0 Å². The second-order valence-electron chi connectivity index (χ2n) is 10.6. The average molecular weight is 488 g/mol. The summed E-state index contributed by atoms with van der Waals surface area (Å²) in [6.45, 7) is 6.25. The minimum atomic E-state index is -5.99. The van der Waals surface area contributed by atoms with E-state index in [-0.39, 0.29) is 15.8 Å². The maximum atomic E-state index is 9.66. The van der Waals surface area contributed by atoms with Crippen LogP contribution < -0.4 is 3.26 Å². The summed E-state index contributed by atoms with van der Waals surface area (Å²) in [6.07, 6.45) is 0.499. The molecule has 2 N–H and O–H groups in total. The first-order valence-corrected chi connectivity index (χ1v) is 24.6. The fourth-order valence-corrected chi connectivity index (χ4v) is 32.0. The van der Waals surface area contributed by atoms with Gasteiger partial charge in [0, 0.05) is 0 Å². The molecule has 1 aliphatic rings. The molecule has 2 aromatic carbocycles. The third-order valence-corrected chi connectivity index (χ3v) is 28.0. The molecule has 0 radical (unpaired) electrons. The number of rotatable bonds is 5. The Labute approximate surface area is 164 Å². The van der Waals surface area contributed by atoms with Gasteiger partial charge in [-0.05, 0) is 0 Å². The van der Waals surface area contributed by atoms with Gasteiger partial charge in [0.15, 0.2) is 0 Å². The first-order chi connectivity index (χ1) is 12.1. The molecule has 0 unspecified atom stereocenters. The van der Waals surface area contributed by atoms with Crippen LogP contribution in [-0.4, -0.2) is 21.5 Å². The molecule has 0 aliphatic heterocycles. The Balaban J connectivity index is 2.44. The van der Waals surface area contributed by atoms with Gasteiger partial charge in [0.25, 0.3) is 0 Å². The molecule has 5 heteroatoms. The van der Waals surface area contributed by atoms with Crippen molar-refractivity contribution in [2.24, 2.45) is 0 Å². The molecule has 148 valence electrons. The van der Waals surface area contributed by atoms with Crippen molar-refractivity contribution in [2.75, 3.05) is 6.61 Å². The second kappa shape index (κ2) is 5.43. The van der Waals surface area contributed by atoms with Crippen molar-refractivity contribution in [3.63, 3.8) is 0 Å². The molecule has 0 saturated heterocycles. The molecule has 3 rings (SSSR count). The van der Waals surface area contributed by atoms with Gasteiger partial charge in [0.2, 0.25) is 0 Å². The molecule has 0 bridgehead atoms. The molecule has 0 spiro atoms. The van der Waals surface area contributed by atoms with Crippen molar-refractivity contribution < 1.29 is 18.3 Å². The van der Waals surface area contributed by atoms with E-state index in [0.29, 0.717) is 10.5 Å². The minimum absolute atomic E-state index is 0.0282. The van der Waals surface area contributed by atoms with Crippen molar-refractivity contribution in [3.05, 3.63) is 59.7 Å². The predicted molar refractivity (Wildman–Crippen MR) is 118 cm³/mol. The standard InChI is InChI=1S/C13H9.C4H10N.C3H7O.CH3.CH2.2ClH.Zr/c1-3-7-12-10(5-1)9-11-6-2-4-8-13(11)12;1-4(2,3)5;1-2-3-4;;;;;/h1-9H;5H,1-3H3;4H,1-3H2;1H3;1H2;2*1H;/q;-1;;;;;;+3/p-2. The van der Waals surface area contributed by atoms with Crippen molar-refractivity contribution in [2.45, 2.75) is 45.1 Å². The van der Waals surface area contributed by atoms with E-state index >= 15 is 0 Å². The van der Waals surface area contributed by atoms with Crippen LogP contribution in [0.3, 0.4) is 0 Å². The summed E-state index contributed by atoms with van der Waals surface area (Å²) in [7, 11) is 15.7. The maximum absolute atomic E-state index is 9.66. The number of nitrogens with one attached hydrogen (secondary N) is 1. The Bertz CT molecular complexity index is 982. The van der Waals surface area contributed by atoms with Gasteiger partial charge >= 0.3 is 165 Å². The van der Waals surface area contributed by atoms with E-state index in [9.17, 15) is 5.11 Å². The van der Waals surface area contributed by atoms with Crippen LogP contribution in [0.4, 0.5) is 0 Å². The summed E-state index contributed by atoms with van der Waals surface area (Å²) in [4.78, 5) is 0. The quantitative estimate of drug-likeness (QED) is 0.511. The van der Waals surface area contributed by atoms with Crippen LogP contribution >= 0.6 is 17.0 Å². The van der Waals surface area contributed by atoms with Crippen molar-refractivity contribution in [3.8, 4) is 11.1 Å². The zero-order chi connectivity index (χ0) is 20.2. The zero-order valence-electron chi connectivity index (χ0n) is 16.7. The van der Waals surface area contributed by atoms with Crippen LogP contribution in [0.5, 0.6) is 0 Å². The van der Waals surface area contributed by atoms with Crippen molar-refractivity contribution in [1.82, 2.24) is 3.26 Å². The molecular formula is C22H31Cl2NOZr. The molecule has 0 atom stereocenters. The van der Waals surface area contributed by atoms with Crippen LogP contribution in [0.2, 0.25) is 8.76 Å². The van der Waals surface area contributed by atoms with Crippen LogP contribution in [0, 0.1) is 0 Å². The number of halogens is 2. The van der Waals surface area contributed by atoms with Crippen molar-refractivity contribution in [1.29, 1.82) is 0 Å². The Morgan fingerprint density at radius 2 is 1.44 bits per heavy atom. The molecule has 0 aromatic heterocycles. The third kappa shape index (κ3) is 3.67. The summed E-state index contributed by atoms with van der Waals surface area (Å²) in [6, 6.07) is 16.7. The average Bonchev–Trinajstić information content (AvgIpc) is 2.87. The molecule has 0 fully saturated rings. The van der Waals surface area contributed by atoms with Crippen LogP contribution in [0.25, 0.3) is 11.1 Å². The number of fused-ring (bicyclic) bond motifs is 3. The molecule has 0 amide bonds. The zero-order valence-corrected chi connectivity index (χ0v) is 20.7. The summed E-state index contributed by atoms with van der Waals surface area (Å²) >= 11 is -5.99. The second-order valence-corrected chi connectivity index (χ2v) is 51.5. The van der Waals surface area contributed by atoms with Gasteiger partial charge in [-0.2, -0.15) is 0 Å². The predicted octanol–water partition coefficient (Wildman–Crippen LogP) is 6.41. The number of aliphatic hydroxyl groups excluding tert-OH is 1. The molecule has 1 aliphatic carbocycles. The number of benzene rings is 2. The first-order valence-electron chi connectivity index (χ1n) is 9.67.